The summed E-state index contributed by atoms with van der Waals surface area (Å²) in [7, 11) is 0. The second kappa shape index (κ2) is 8.00. The predicted molar refractivity (Wildman–Crippen MR) is 125 cm³/mol. The minimum Gasteiger partial charge on any atom is -0.386 e. The maximum atomic E-state index is 15.9. The van der Waals surface area contributed by atoms with Gasteiger partial charge in [0.1, 0.15) is 17.6 Å². The molecule has 4 atom stereocenters. The van der Waals surface area contributed by atoms with E-state index >= 15 is 4.39 Å². The van der Waals surface area contributed by atoms with Gasteiger partial charge in [0.2, 0.25) is 0 Å². The third-order valence-corrected chi connectivity index (χ3v) is 7.61. The van der Waals surface area contributed by atoms with E-state index in [9.17, 15) is 5.26 Å². The Balaban J connectivity index is 1.50. The number of pyridine rings is 1. The van der Waals surface area contributed by atoms with Crippen molar-refractivity contribution < 1.29 is 4.39 Å². The lowest BCUT2D eigenvalue weighted by Crippen LogP contribution is -2.51. The molecule has 0 amide bonds. The number of aliphatic imine (C=N–C) groups is 1. The molecule has 2 heterocycles. The normalized spacial score (nSPS) is 27.1. The number of piperidine rings is 1. The van der Waals surface area contributed by atoms with Crippen molar-refractivity contribution in [3.05, 3.63) is 36.0 Å². The Morgan fingerprint density at radius 2 is 2.03 bits per heavy atom. The Kier molecular flexibility index (Phi) is 5.29. The van der Waals surface area contributed by atoms with E-state index in [2.05, 4.69) is 16.0 Å². The number of hydrogen-bond donors (Lipinski definition) is 2. The summed E-state index contributed by atoms with van der Waals surface area (Å²) in [6, 6.07) is 9.52. The van der Waals surface area contributed by atoms with Crippen molar-refractivity contribution in [2.75, 3.05) is 18.0 Å². The van der Waals surface area contributed by atoms with Crippen LogP contribution in [0.3, 0.4) is 0 Å². The molecular weight excluding hydrogens is 403 g/mol. The molecule has 1 aromatic heterocycles. The van der Waals surface area contributed by atoms with E-state index in [0.29, 0.717) is 42.3 Å². The number of halogens is 1. The maximum absolute atomic E-state index is 15.9. The number of anilines is 1. The van der Waals surface area contributed by atoms with Crippen LogP contribution in [0.4, 0.5) is 10.1 Å². The first-order chi connectivity index (χ1) is 15.4. The average Bonchev–Trinajstić information content (AvgIpc) is 3.70. The molecular formula is C25H31FN6. The molecule has 0 bridgehead atoms. The smallest absolute Gasteiger partial charge is 0.115 e. The summed E-state index contributed by atoms with van der Waals surface area (Å²) in [6.45, 7) is 3.02. The third kappa shape index (κ3) is 3.93. The monoisotopic (exact) mass is 434 g/mol. The molecule has 5 rings (SSSR count). The number of nitrogens with zero attached hydrogens (tertiary/aromatic N) is 4. The van der Waals surface area contributed by atoms with Crippen LogP contribution in [-0.4, -0.2) is 41.7 Å². The van der Waals surface area contributed by atoms with Gasteiger partial charge in [-0.2, -0.15) is 5.26 Å². The molecule has 168 valence electrons. The average molecular weight is 435 g/mol. The summed E-state index contributed by atoms with van der Waals surface area (Å²) in [5.74, 6) is 0.907. The van der Waals surface area contributed by atoms with Gasteiger partial charge in [0, 0.05) is 36.3 Å². The topological polar surface area (TPSA) is 104 Å². The van der Waals surface area contributed by atoms with Crippen molar-refractivity contribution in [1.29, 1.82) is 5.26 Å². The zero-order chi connectivity index (χ0) is 22.5. The standard InChI is InChI=1S/C25H31FN6/c1-25(26,17-7-8-17)18-11-19(31-24(29)22(28)15-4-5-15)14-32(13-18)21-9-6-16(12-27)23-20(21)3-2-10-30-23/h2-3,6,9-10,15,17-19,22H,4-5,7-8,11,13-14,28H2,1H3,(H2,29,31). The van der Waals surface area contributed by atoms with Crippen LogP contribution < -0.4 is 16.4 Å². The predicted octanol–water partition coefficient (Wildman–Crippen LogP) is 3.53. The number of aromatic nitrogens is 1. The molecule has 2 saturated carbocycles. The molecule has 1 aromatic carbocycles. The lowest BCUT2D eigenvalue weighted by atomic mass is 9.79. The van der Waals surface area contributed by atoms with Crippen molar-refractivity contribution in [2.45, 2.75) is 56.8 Å². The first-order valence-electron chi connectivity index (χ1n) is 11.7. The van der Waals surface area contributed by atoms with Gasteiger partial charge >= 0.3 is 0 Å². The molecule has 0 radical (unpaired) electrons. The number of alkyl halides is 1. The van der Waals surface area contributed by atoms with Crippen molar-refractivity contribution in [2.24, 2.45) is 34.2 Å². The highest BCUT2D eigenvalue weighted by Gasteiger charge is 2.50. The summed E-state index contributed by atoms with van der Waals surface area (Å²) in [4.78, 5) is 11.5. The summed E-state index contributed by atoms with van der Waals surface area (Å²) >= 11 is 0. The Morgan fingerprint density at radius 1 is 1.25 bits per heavy atom. The minimum atomic E-state index is -1.24. The molecule has 3 aliphatic rings. The van der Waals surface area contributed by atoms with Gasteiger partial charge in [0.25, 0.3) is 0 Å². The molecule has 4 N–H and O–H groups in total. The molecule has 0 spiro atoms. The first-order valence-corrected chi connectivity index (χ1v) is 11.7. The van der Waals surface area contributed by atoms with Gasteiger partial charge in [0.15, 0.2) is 0 Å². The van der Waals surface area contributed by atoms with Gasteiger partial charge in [-0.15, -0.1) is 0 Å². The lowest BCUT2D eigenvalue weighted by molar-refractivity contribution is 0.0619. The number of rotatable bonds is 6. The van der Waals surface area contributed by atoms with E-state index < -0.39 is 5.67 Å². The molecule has 3 fully saturated rings. The fourth-order valence-electron chi connectivity index (χ4n) is 5.27. The van der Waals surface area contributed by atoms with Gasteiger partial charge in [-0.05, 0) is 75.1 Å². The highest BCUT2D eigenvalue weighted by Crippen LogP contribution is 2.49. The van der Waals surface area contributed by atoms with Gasteiger partial charge < -0.3 is 16.4 Å². The number of hydrogen-bond acceptors (Lipinski definition) is 5. The van der Waals surface area contributed by atoms with Crippen LogP contribution >= 0.6 is 0 Å². The van der Waals surface area contributed by atoms with Crippen LogP contribution in [0, 0.1) is 29.1 Å². The molecule has 32 heavy (non-hydrogen) atoms. The molecule has 7 heteroatoms. The Morgan fingerprint density at radius 3 is 2.72 bits per heavy atom. The van der Waals surface area contributed by atoms with Crippen molar-refractivity contribution in [1.82, 2.24) is 4.98 Å². The van der Waals surface area contributed by atoms with Crippen molar-refractivity contribution >= 4 is 22.4 Å². The number of fused-ring (bicyclic) bond motifs is 1. The van der Waals surface area contributed by atoms with Crippen LogP contribution in [0.5, 0.6) is 0 Å². The number of amidine groups is 1. The van der Waals surface area contributed by atoms with Gasteiger partial charge in [-0.1, -0.05) is 0 Å². The van der Waals surface area contributed by atoms with Gasteiger partial charge in [-0.25, -0.2) is 4.39 Å². The quantitative estimate of drug-likeness (QED) is 0.535. The van der Waals surface area contributed by atoms with Crippen LogP contribution in [0.15, 0.2) is 35.5 Å². The van der Waals surface area contributed by atoms with E-state index in [-0.39, 0.29) is 23.9 Å². The Bertz CT molecular complexity index is 1080. The molecule has 2 aliphatic carbocycles. The van der Waals surface area contributed by atoms with Crippen molar-refractivity contribution in [3.8, 4) is 6.07 Å². The van der Waals surface area contributed by atoms with Crippen LogP contribution in [0.1, 0.15) is 44.6 Å². The summed E-state index contributed by atoms with van der Waals surface area (Å²) < 4.78 is 15.9. The fourth-order valence-corrected chi connectivity index (χ4v) is 5.27. The zero-order valence-corrected chi connectivity index (χ0v) is 18.5. The van der Waals surface area contributed by atoms with Gasteiger partial charge in [-0.3, -0.25) is 9.98 Å². The fraction of sp³-hybridized carbons (Fsp3) is 0.560. The lowest BCUT2D eigenvalue weighted by Gasteiger charge is -2.43. The van der Waals surface area contributed by atoms with E-state index in [0.717, 1.165) is 36.8 Å². The highest BCUT2D eigenvalue weighted by molar-refractivity contribution is 5.95. The molecule has 1 aliphatic heterocycles. The van der Waals surface area contributed by atoms with E-state index in [1.165, 1.54) is 0 Å². The van der Waals surface area contributed by atoms with E-state index in [1.54, 1.807) is 19.2 Å². The Hall–Kier alpha value is -2.72. The van der Waals surface area contributed by atoms with Crippen LogP contribution in [-0.2, 0) is 0 Å². The summed E-state index contributed by atoms with van der Waals surface area (Å²) in [6.07, 6.45) is 6.48. The minimum absolute atomic E-state index is 0.116. The molecule has 4 unspecified atom stereocenters. The number of nitrogens with two attached hydrogens (primary N) is 2. The van der Waals surface area contributed by atoms with Gasteiger partial charge in [0.05, 0.1) is 23.2 Å². The summed E-state index contributed by atoms with van der Waals surface area (Å²) in [5, 5.41) is 10.4. The van der Waals surface area contributed by atoms with Crippen LogP contribution in [0.25, 0.3) is 10.9 Å². The van der Waals surface area contributed by atoms with E-state index in [1.807, 2.05) is 18.2 Å². The second-order valence-electron chi connectivity index (χ2n) is 9.98. The molecule has 1 saturated heterocycles. The van der Waals surface area contributed by atoms with E-state index in [4.69, 9.17) is 16.5 Å². The first kappa shape index (κ1) is 21.1. The second-order valence-corrected chi connectivity index (χ2v) is 9.98. The van der Waals surface area contributed by atoms with Crippen LogP contribution in [0.2, 0.25) is 0 Å². The maximum Gasteiger partial charge on any atom is 0.115 e. The number of benzene rings is 1. The molecule has 6 nitrogen and oxygen atoms in total. The third-order valence-electron chi connectivity index (χ3n) is 7.61. The zero-order valence-electron chi connectivity index (χ0n) is 18.5. The van der Waals surface area contributed by atoms with Crippen molar-refractivity contribution in [3.63, 3.8) is 0 Å². The largest absolute Gasteiger partial charge is 0.386 e. The SMILES string of the molecule is CC(F)(C1CC1)C1CC(N=C(N)C(N)C2CC2)CN(c2ccc(C#N)c3ncccc23)C1. The highest BCUT2D eigenvalue weighted by atomic mass is 19.1. The number of nitriles is 1. The Labute approximate surface area is 188 Å². The molecule has 2 aromatic rings. The summed E-state index contributed by atoms with van der Waals surface area (Å²) in [5.41, 5.74) is 13.5.